The van der Waals surface area contributed by atoms with E-state index in [0.29, 0.717) is 10.8 Å². The summed E-state index contributed by atoms with van der Waals surface area (Å²) < 4.78 is 5.49. The monoisotopic (exact) mass is 310 g/mol. The van der Waals surface area contributed by atoms with Gasteiger partial charge in [-0.05, 0) is 36.3 Å². The summed E-state index contributed by atoms with van der Waals surface area (Å²) in [5, 5.41) is 10.5. The highest BCUT2D eigenvalue weighted by Crippen LogP contribution is 2.19. The molecule has 0 aliphatic rings. The lowest BCUT2D eigenvalue weighted by Crippen LogP contribution is -2.30. The first-order chi connectivity index (χ1) is 9.55. The molecule has 0 aliphatic heterocycles. The van der Waals surface area contributed by atoms with Gasteiger partial charge in [0.1, 0.15) is 26.5 Å². The fraction of sp³-hybridized carbons (Fsp3) is 0.500. The maximum atomic E-state index is 9.92. The molecule has 0 bridgehead atoms. The van der Waals surface area contributed by atoms with Crippen LogP contribution in [-0.2, 0) is 0 Å². The lowest BCUT2D eigenvalue weighted by molar-refractivity contribution is 0.151. The van der Waals surface area contributed by atoms with Gasteiger partial charge in [0.25, 0.3) is 0 Å². The van der Waals surface area contributed by atoms with Gasteiger partial charge in [-0.2, -0.15) is 0 Å². The van der Waals surface area contributed by atoms with Crippen molar-refractivity contribution in [1.82, 2.24) is 0 Å². The van der Waals surface area contributed by atoms with Crippen molar-refractivity contribution in [3.05, 3.63) is 29.3 Å². The quantitative estimate of drug-likeness (QED) is 0.632. The van der Waals surface area contributed by atoms with E-state index in [4.69, 9.17) is 16.3 Å². The van der Waals surface area contributed by atoms with E-state index in [2.05, 4.69) is 32.2 Å². The minimum absolute atomic E-state index is 0.176. The maximum absolute atomic E-state index is 9.92. The van der Waals surface area contributed by atoms with Crippen LogP contribution in [0.15, 0.2) is 24.3 Å². The molecule has 0 heterocycles. The van der Waals surface area contributed by atoms with Crippen LogP contribution in [0.1, 0.15) is 20.8 Å². The molecular formula is C16H23ClO2Si. The van der Waals surface area contributed by atoms with E-state index in [0.717, 1.165) is 18.1 Å². The lowest BCUT2D eigenvalue weighted by atomic mass is 10.3. The summed E-state index contributed by atoms with van der Waals surface area (Å²) in [5.41, 5.74) is 3.36. The van der Waals surface area contributed by atoms with E-state index in [9.17, 15) is 5.11 Å². The van der Waals surface area contributed by atoms with Crippen LogP contribution >= 0.6 is 11.6 Å². The maximum Gasteiger partial charge on any atom is 0.147 e. The molecule has 2 nitrogen and oxygen atoms in total. The Morgan fingerprint density at radius 3 is 2.45 bits per heavy atom. The third-order valence-electron chi connectivity index (χ3n) is 3.74. The van der Waals surface area contributed by atoms with Crippen molar-refractivity contribution in [2.75, 3.05) is 6.61 Å². The van der Waals surface area contributed by atoms with E-state index in [1.807, 2.05) is 12.1 Å². The molecule has 1 atom stereocenters. The standard InChI is InChI=1S/C16H23ClO2Si/c1-4-20(5-2,6-3)11-10-15(18)13-19-16-9-7-8-14(17)12-16/h7-9,12,15,18H,4-6,13H2,1-3H3. The predicted octanol–water partition coefficient (Wildman–Crippen LogP) is 4.13. The Balaban J connectivity index is 2.58. The first-order valence-corrected chi connectivity index (χ1v) is 10.1. The van der Waals surface area contributed by atoms with Gasteiger partial charge < -0.3 is 9.84 Å². The fourth-order valence-electron chi connectivity index (χ4n) is 2.03. The van der Waals surface area contributed by atoms with Crippen molar-refractivity contribution in [3.63, 3.8) is 0 Å². The molecule has 1 unspecified atom stereocenters. The number of rotatable bonds is 6. The molecule has 1 N–H and O–H groups in total. The molecule has 4 heteroatoms. The van der Waals surface area contributed by atoms with Gasteiger partial charge in [-0.3, -0.25) is 0 Å². The summed E-state index contributed by atoms with van der Waals surface area (Å²) in [6.07, 6.45) is -0.745. The van der Waals surface area contributed by atoms with Crippen LogP contribution < -0.4 is 4.74 Å². The van der Waals surface area contributed by atoms with Crippen LogP contribution in [0.5, 0.6) is 5.75 Å². The van der Waals surface area contributed by atoms with Gasteiger partial charge in [-0.25, -0.2) is 0 Å². The number of hydrogen-bond donors (Lipinski definition) is 1. The number of ether oxygens (including phenoxy) is 1. The smallest absolute Gasteiger partial charge is 0.147 e. The van der Waals surface area contributed by atoms with E-state index in [1.54, 1.807) is 12.1 Å². The third kappa shape index (κ3) is 5.20. The fourth-order valence-corrected chi connectivity index (χ4v) is 4.71. The van der Waals surface area contributed by atoms with Crippen LogP contribution in [0.3, 0.4) is 0 Å². The van der Waals surface area contributed by atoms with Crippen molar-refractivity contribution in [2.24, 2.45) is 0 Å². The molecule has 20 heavy (non-hydrogen) atoms. The molecule has 0 radical (unpaired) electrons. The zero-order valence-corrected chi connectivity index (χ0v) is 14.2. The molecule has 1 rings (SSSR count). The molecule has 0 amide bonds. The Morgan fingerprint density at radius 2 is 1.90 bits per heavy atom. The first-order valence-electron chi connectivity index (χ1n) is 7.14. The number of halogens is 1. The molecule has 0 aliphatic carbocycles. The summed E-state index contributed by atoms with van der Waals surface area (Å²) >= 11 is 5.87. The third-order valence-corrected chi connectivity index (χ3v) is 8.71. The lowest BCUT2D eigenvalue weighted by Gasteiger charge is -2.20. The van der Waals surface area contributed by atoms with Crippen molar-refractivity contribution >= 4 is 19.7 Å². The first kappa shape index (κ1) is 17.1. The van der Waals surface area contributed by atoms with E-state index >= 15 is 0 Å². The SMILES string of the molecule is CC[Si](C#CC(O)COc1cccc(Cl)c1)(CC)CC. The second-order valence-corrected chi connectivity index (χ2v) is 10.3. The summed E-state index contributed by atoms with van der Waals surface area (Å²) in [7, 11) is -1.50. The minimum Gasteiger partial charge on any atom is -0.490 e. The average molecular weight is 311 g/mol. The molecule has 0 aromatic heterocycles. The largest absolute Gasteiger partial charge is 0.490 e. The van der Waals surface area contributed by atoms with Gasteiger partial charge in [0, 0.05) is 5.02 Å². The van der Waals surface area contributed by atoms with Crippen molar-refractivity contribution in [3.8, 4) is 17.2 Å². The van der Waals surface area contributed by atoms with Gasteiger partial charge in [0.05, 0.1) is 0 Å². The zero-order chi connectivity index (χ0) is 15.0. The number of hydrogen-bond acceptors (Lipinski definition) is 2. The summed E-state index contributed by atoms with van der Waals surface area (Å²) in [6.45, 7) is 6.77. The summed E-state index contributed by atoms with van der Waals surface area (Å²) in [4.78, 5) is 0. The van der Waals surface area contributed by atoms with Gasteiger partial charge in [0.2, 0.25) is 0 Å². The normalized spacial score (nSPS) is 12.4. The van der Waals surface area contributed by atoms with Gasteiger partial charge in [0.15, 0.2) is 0 Å². The topological polar surface area (TPSA) is 29.5 Å². The Bertz CT molecular complexity index is 467. The molecule has 0 fully saturated rings. The van der Waals surface area contributed by atoms with E-state index in [-0.39, 0.29) is 6.61 Å². The van der Waals surface area contributed by atoms with Crippen molar-refractivity contribution in [2.45, 2.75) is 45.0 Å². The molecule has 0 saturated heterocycles. The number of benzene rings is 1. The Labute approximate surface area is 128 Å². The Hall–Kier alpha value is -0.953. The van der Waals surface area contributed by atoms with Crippen LogP contribution in [-0.4, -0.2) is 25.9 Å². The van der Waals surface area contributed by atoms with Crippen LogP contribution in [0.2, 0.25) is 23.2 Å². The van der Waals surface area contributed by atoms with Gasteiger partial charge >= 0.3 is 0 Å². The second kappa shape index (κ2) is 8.36. The van der Waals surface area contributed by atoms with Crippen LogP contribution in [0.4, 0.5) is 0 Å². The van der Waals surface area contributed by atoms with Gasteiger partial charge in [-0.1, -0.05) is 44.4 Å². The molecule has 0 saturated carbocycles. The highest BCUT2D eigenvalue weighted by atomic mass is 35.5. The predicted molar refractivity (Wildman–Crippen MR) is 87.9 cm³/mol. The number of aliphatic hydroxyl groups is 1. The van der Waals surface area contributed by atoms with Gasteiger partial charge in [-0.15, -0.1) is 5.54 Å². The van der Waals surface area contributed by atoms with Crippen molar-refractivity contribution < 1.29 is 9.84 Å². The molecule has 0 spiro atoms. The van der Waals surface area contributed by atoms with Crippen LogP contribution in [0.25, 0.3) is 0 Å². The summed E-state index contributed by atoms with van der Waals surface area (Å²) in [5.74, 6) is 3.63. The van der Waals surface area contributed by atoms with E-state index in [1.165, 1.54) is 0 Å². The molecule has 1 aromatic rings. The Kier molecular flexibility index (Phi) is 7.15. The molecule has 110 valence electrons. The van der Waals surface area contributed by atoms with Crippen LogP contribution in [0, 0.1) is 11.5 Å². The highest BCUT2D eigenvalue weighted by Gasteiger charge is 2.24. The zero-order valence-electron chi connectivity index (χ0n) is 12.4. The van der Waals surface area contributed by atoms with Crippen molar-refractivity contribution in [1.29, 1.82) is 0 Å². The average Bonchev–Trinajstić information content (AvgIpc) is 2.47. The Morgan fingerprint density at radius 1 is 1.25 bits per heavy atom. The number of aliphatic hydroxyl groups excluding tert-OH is 1. The summed E-state index contributed by atoms with van der Waals surface area (Å²) in [6, 6.07) is 10.5. The molecule has 1 aromatic carbocycles. The second-order valence-electron chi connectivity index (χ2n) is 4.89. The minimum atomic E-state index is -1.50. The highest BCUT2D eigenvalue weighted by molar-refractivity contribution is 6.87. The molecular weight excluding hydrogens is 288 g/mol. The van der Waals surface area contributed by atoms with E-state index < -0.39 is 14.2 Å².